The smallest absolute Gasteiger partial charge is 0.262 e. The molecule has 1 unspecified atom stereocenters. The first-order valence-corrected chi connectivity index (χ1v) is 9.99. The Bertz CT molecular complexity index is 1070. The Labute approximate surface area is 156 Å². The summed E-state index contributed by atoms with van der Waals surface area (Å²) in [6.07, 6.45) is 3.71. The van der Waals surface area contributed by atoms with Gasteiger partial charge in [0.25, 0.3) is 10.0 Å². The van der Waals surface area contributed by atoms with Crippen molar-refractivity contribution in [2.75, 3.05) is 13.1 Å². The van der Waals surface area contributed by atoms with Gasteiger partial charge in [0.05, 0.1) is 12.2 Å². The van der Waals surface area contributed by atoms with Crippen LogP contribution in [0.4, 0.5) is 0 Å². The second-order valence-electron chi connectivity index (χ2n) is 6.12. The van der Waals surface area contributed by atoms with Crippen LogP contribution in [0.1, 0.15) is 12.1 Å². The number of halogens is 1. The minimum atomic E-state index is -3.78. The molecule has 9 heteroatoms. The molecule has 1 aliphatic rings. The van der Waals surface area contributed by atoms with Gasteiger partial charge in [0.2, 0.25) is 0 Å². The fourth-order valence-electron chi connectivity index (χ4n) is 3.08. The molecule has 0 radical (unpaired) electrons. The number of rotatable bonds is 4. The summed E-state index contributed by atoms with van der Waals surface area (Å²) in [6.45, 7) is 2.48. The van der Waals surface area contributed by atoms with E-state index in [4.69, 9.17) is 16.3 Å². The van der Waals surface area contributed by atoms with Crippen molar-refractivity contribution < 1.29 is 13.2 Å². The molecule has 0 aromatic carbocycles. The third-order valence-corrected chi connectivity index (χ3v) is 6.66. The zero-order valence-corrected chi connectivity index (χ0v) is 15.6. The number of hydrogen-bond acceptors (Lipinski definition) is 5. The predicted octanol–water partition coefficient (Wildman–Crippen LogP) is 2.53. The molecule has 0 bridgehead atoms. The maximum atomic E-state index is 13.1. The van der Waals surface area contributed by atoms with E-state index >= 15 is 0 Å². The van der Waals surface area contributed by atoms with Crippen molar-refractivity contribution in [2.24, 2.45) is 0 Å². The number of sulfonamides is 1. The van der Waals surface area contributed by atoms with Gasteiger partial charge in [-0.25, -0.2) is 13.4 Å². The zero-order valence-electron chi connectivity index (χ0n) is 14.0. The average molecular weight is 393 g/mol. The monoisotopic (exact) mass is 392 g/mol. The second kappa shape index (κ2) is 6.53. The summed E-state index contributed by atoms with van der Waals surface area (Å²) in [5.74, 6) is 0.671. The van der Waals surface area contributed by atoms with E-state index in [9.17, 15) is 8.42 Å². The molecule has 1 aliphatic heterocycles. The Hall–Kier alpha value is -2.16. The summed E-state index contributed by atoms with van der Waals surface area (Å²) in [5, 5.41) is -0.0309. The van der Waals surface area contributed by atoms with Crippen LogP contribution in [0.2, 0.25) is 5.15 Å². The number of hydrogen-bond donors (Lipinski definition) is 0. The van der Waals surface area contributed by atoms with Gasteiger partial charge in [0.1, 0.15) is 17.5 Å². The van der Waals surface area contributed by atoms with Crippen LogP contribution in [0, 0.1) is 6.92 Å². The van der Waals surface area contributed by atoms with Gasteiger partial charge in [-0.1, -0.05) is 17.7 Å². The molecule has 0 aliphatic carbocycles. The lowest BCUT2D eigenvalue weighted by molar-refractivity contribution is 0.213. The van der Waals surface area contributed by atoms with Gasteiger partial charge < -0.3 is 4.74 Å². The van der Waals surface area contributed by atoms with Gasteiger partial charge in [0.15, 0.2) is 10.2 Å². The molecule has 4 rings (SSSR count). The van der Waals surface area contributed by atoms with Crippen LogP contribution < -0.4 is 4.74 Å². The lowest BCUT2D eigenvalue weighted by atomic mass is 10.3. The van der Waals surface area contributed by atoms with E-state index < -0.39 is 10.0 Å². The van der Waals surface area contributed by atoms with Crippen molar-refractivity contribution in [2.45, 2.75) is 24.5 Å². The highest BCUT2D eigenvalue weighted by Gasteiger charge is 2.37. The molecule has 1 saturated heterocycles. The number of nitrogens with zero attached hydrogens (tertiary/aromatic N) is 4. The fraction of sp³-hybridized carbons (Fsp3) is 0.294. The highest BCUT2D eigenvalue weighted by molar-refractivity contribution is 7.89. The maximum absolute atomic E-state index is 13.1. The Morgan fingerprint density at radius 2 is 2.12 bits per heavy atom. The van der Waals surface area contributed by atoms with Crippen LogP contribution in [0.15, 0.2) is 47.8 Å². The molecule has 0 amide bonds. The molecule has 4 heterocycles. The van der Waals surface area contributed by atoms with Crippen molar-refractivity contribution in [3.8, 4) is 5.75 Å². The van der Waals surface area contributed by atoms with Crippen LogP contribution in [-0.4, -0.2) is 46.3 Å². The molecule has 1 atom stereocenters. The van der Waals surface area contributed by atoms with Crippen LogP contribution in [0.25, 0.3) is 5.65 Å². The summed E-state index contributed by atoms with van der Waals surface area (Å²) in [7, 11) is -3.78. The quantitative estimate of drug-likeness (QED) is 0.681. The Morgan fingerprint density at radius 3 is 2.92 bits per heavy atom. The van der Waals surface area contributed by atoms with E-state index in [0.717, 1.165) is 5.69 Å². The van der Waals surface area contributed by atoms with E-state index in [1.165, 1.54) is 8.71 Å². The van der Waals surface area contributed by atoms with Crippen LogP contribution in [0.3, 0.4) is 0 Å². The van der Waals surface area contributed by atoms with Crippen molar-refractivity contribution >= 4 is 27.3 Å². The first-order chi connectivity index (χ1) is 12.5. The van der Waals surface area contributed by atoms with Crippen molar-refractivity contribution in [1.82, 2.24) is 18.7 Å². The number of imidazole rings is 1. The van der Waals surface area contributed by atoms with E-state index in [2.05, 4.69) is 9.97 Å². The molecule has 0 spiro atoms. The van der Waals surface area contributed by atoms with Crippen LogP contribution >= 0.6 is 11.6 Å². The van der Waals surface area contributed by atoms with E-state index in [1.54, 1.807) is 36.7 Å². The number of pyridine rings is 2. The topological polar surface area (TPSA) is 76.8 Å². The molecule has 0 N–H and O–H groups in total. The summed E-state index contributed by atoms with van der Waals surface area (Å²) in [4.78, 5) is 8.32. The van der Waals surface area contributed by atoms with Crippen LogP contribution in [-0.2, 0) is 10.0 Å². The lowest BCUT2D eigenvalue weighted by Crippen LogP contribution is -2.32. The molecule has 3 aromatic rings. The summed E-state index contributed by atoms with van der Waals surface area (Å²) < 4.78 is 35.1. The van der Waals surface area contributed by atoms with Gasteiger partial charge >= 0.3 is 0 Å². The van der Waals surface area contributed by atoms with E-state index in [1.807, 2.05) is 13.0 Å². The molecular formula is C17H17ClN4O3S. The SMILES string of the molecule is Cc1ncccc1OC1CCN(S(=O)(=O)c2c(Cl)nc3ccccn23)C1. The normalized spacial score (nSPS) is 18.5. The number of aryl methyl sites for hydroxylation is 1. The first kappa shape index (κ1) is 17.3. The molecule has 7 nitrogen and oxygen atoms in total. The third kappa shape index (κ3) is 2.94. The summed E-state index contributed by atoms with van der Waals surface area (Å²) >= 11 is 6.14. The summed E-state index contributed by atoms with van der Waals surface area (Å²) in [5.41, 5.74) is 1.27. The maximum Gasteiger partial charge on any atom is 0.262 e. The number of fused-ring (bicyclic) bond motifs is 1. The zero-order chi connectivity index (χ0) is 18.3. The average Bonchev–Trinajstić information content (AvgIpc) is 3.21. The largest absolute Gasteiger partial charge is 0.487 e. The van der Waals surface area contributed by atoms with Crippen molar-refractivity contribution in [1.29, 1.82) is 0 Å². The molecule has 0 saturated carbocycles. The highest BCUT2D eigenvalue weighted by atomic mass is 35.5. The minimum absolute atomic E-state index is 0.00650. The summed E-state index contributed by atoms with van der Waals surface area (Å²) in [6, 6.07) is 8.87. The van der Waals surface area contributed by atoms with Crippen molar-refractivity contribution in [3.63, 3.8) is 0 Å². The fourth-order valence-corrected chi connectivity index (χ4v) is 5.17. The second-order valence-corrected chi connectivity index (χ2v) is 8.33. The van der Waals surface area contributed by atoms with Crippen LogP contribution in [0.5, 0.6) is 5.75 Å². The van der Waals surface area contributed by atoms with E-state index in [-0.39, 0.29) is 22.8 Å². The number of aromatic nitrogens is 3. The first-order valence-electron chi connectivity index (χ1n) is 8.18. The van der Waals surface area contributed by atoms with Gasteiger partial charge in [-0.2, -0.15) is 4.31 Å². The Balaban J connectivity index is 1.60. The highest BCUT2D eigenvalue weighted by Crippen LogP contribution is 2.29. The lowest BCUT2D eigenvalue weighted by Gasteiger charge is -2.17. The predicted molar refractivity (Wildman–Crippen MR) is 97.0 cm³/mol. The van der Waals surface area contributed by atoms with E-state index in [0.29, 0.717) is 24.4 Å². The molecule has 3 aromatic heterocycles. The Kier molecular flexibility index (Phi) is 4.34. The third-order valence-electron chi connectivity index (χ3n) is 4.39. The van der Waals surface area contributed by atoms with Gasteiger partial charge in [-0.15, -0.1) is 0 Å². The van der Waals surface area contributed by atoms with Gasteiger partial charge in [-0.3, -0.25) is 9.38 Å². The number of ether oxygens (including phenoxy) is 1. The molecule has 26 heavy (non-hydrogen) atoms. The van der Waals surface area contributed by atoms with Crippen molar-refractivity contribution in [3.05, 3.63) is 53.6 Å². The minimum Gasteiger partial charge on any atom is -0.487 e. The Morgan fingerprint density at radius 1 is 1.27 bits per heavy atom. The standard InChI is InChI=1S/C17H17ClN4O3S/c1-12-14(5-4-8-19-12)25-13-7-10-21(11-13)26(23,24)17-16(18)20-15-6-2-3-9-22(15)17/h2-6,8-9,13H,7,10-11H2,1H3. The molecule has 136 valence electrons. The molecule has 1 fully saturated rings. The van der Waals surface area contributed by atoms with Gasteiger partial charge in [0, 0.05) is 18.9 Å². The van der Waals surface area contributed by atoms with Gasteiger partial charge in [-0.05, 0) is 37.6 Å². The molecular weight excluding hydrogens is 376 g/mol.